The van der Waals surface area contributed by atoms with Gasteiger partial charge in [-0.2, -0.15) is 0 Å². The van der Waals surface area contributed by atoms with Crippen molar-refractivity contribution in [3.8, 4) is 11.4 Å². The fourth-order valence-corrected chi connectivity index (χ4v) is 3.91. The van der Waals surface area contributed by atoms with E-state index in [0.717, 1.165) is 68.5 Å². The van der Waals surface area contributed by atoms with Crippen molar-refractivity contribution in [1.29, 1.82) is 0 Å². The summed E-state index contributed by atoms with van der Waals surface area (Å²) in [6.45, 7) is 7.18. The third-order valence-corrected chi connectivity index (χ3v) is 5.48. The Morgan fingerprint density at radius 1 is 1.04 bits per heavy atom. The van der Waals surface area contributed by atoms with Gasteiger partial charge in [-0.3, -0.25) is 9.88 Å². The zero-order chi connectivity index (χ0) is 18.5. The van der Waals surface area contributed by atoms with Crippen molar-refractivity contribution in [2.75, 3.05) is 31.1 Å². The van der Waals surface area contributed by atoms with Crippen molar-refractivity contribution >= 4 is 17.2 Å². The van der Waals surface area contributed by atoms with Crippen LogP contribution in [0.4, 0.5) is 5.82 Å². The molecule has 0 bridgehead atoms. The molecular weight excluding hydrogens is 356 g/mol. The van der Waals surface area contributed by atoms with E-state index in [1.54, 1.807) is 23.7 Å². The Morgan fingerprint density at radius 3 is 2.70 bits per heavy atom. The molecular formula is C20H24N6S. The highest BCUT2D eigenvalue weighted by Crippen LogP contribution is 2.21. The molecule has 1 saturated heterocycles. The molecule has 1 fully saturated rings. The Bertz CT molecular complexity index is 852. The van der Waals surface area contributed by atoms with E-state index >= 15 is 0 Å². The van der Waals surface area contributed by atoms with Crippen LogP contribution < -0.4 is 4.90 Å². The van der Waals surface area contributed by atoms with E-state index in [-0.39, 0.29) is 0 Å². The smallest absolute Gasteiger partial charge is 0.161 e. The Morgan fingerprint density at radius 2 is 1.93 bits per heavy atom. The summed E-state index contributed by atoms with van der Waals surface area (Å²) in [6, 6.07) is 6.08. The lowest BCUT2D eigenvalue weighted by Crippen LogP contribution is -2.31. The van der Waals surface area contributed by atoms with Crippen LogP contribution in [0.25, 0.3) is 11.4 Å². The van der Waals surface area contributed by atoms with Crippen LogP contribution in [0.15, 0.2) is 41.5 Å². The molecule has 0 aromatic carbocycles. The summed E-state index contributed by atoms with van der Waals surface area (Å²) in [5.74, 6) is 1.82. The molecule has 0 N–H and O–H groups in total. The SMILES string of the molecule is CCc1cc(N2CCCN(Cc3cscn3)CC2)nc(-c2ccncc2)n1. The maximum absolute atomic E-state index is 4.88. The molecule has 7 heteroatoms. The Balaban J connectivity index is 1.52. The van der Waals surface area contributed by atoms with E-state index in [1.807, 2.05) is 17.6 Å². The minimum atomic E-state index is 0.787. The van der Waals surface area contributed by atoms with Crippen LogP contribution in [-0.4, -0.2) is 51.0 Å². The second kappa shape index (κ2) is 8.54. The van der Waals surface area contributed by atoms with Crippen LogP contribution in [0.1, 0.15) is 24.7 Å². The molecule has 4 heterocycles. The van der Waals surface area contributed by atoms with Crippen molar-refractivity contribution in [3.05, 3.63) is 52.9 Å². The van der Waals surface area contributed by atoms with Gasteiger partial charge in [-0.25, -0.2) is 15.0 Å². The van der Waals surface area contributed by atoms with Crippen LogP contribution in [-0.2, 0) is 13.0 Å². The van der Waals surface area contributed by atoms with E-state index in [4.69, 9.17) is 9.97 Å². The van der Waals surface area contributed by atoms with Gasteiger partial charge in [0.05, 0.1) is 11.2 Å². The number of rotatable bonds is 5. The average Bonchev–Trinajstić information content (AvgIpc) is 3.12. The normalized spacial score (nSPS) is 15.7. The summed E-state index contributed by atoms with van der Waals surface area (Å²) in [5.41, 5.74) is 5.17. The number of aromatic nitrogens is 4. The number of hydrogen-bond acceptors (Lipinski definition) is 7. The third kappa shape index (κ3) is 4.48. The minimum absolute atomic E-state index is 0.787. The molecule has 1 aliphatic rings. The lowest BCUT2D eigenvalue weighted by atomic mass is 10.2. The predicted octanol–water partition coefficient (Wildman–Crippen LogP) is 3.27. The third-order valence-electron chi connectivity index (χ3n) is 4.85. The highest BCUT2D eigenvalue weighted by Gasteiger charge is 2.18. The summed E-state index contributed by atoms with van der Waals surface area (Å²) < 4.78 is 0. The van der Waals surface area contributed by atoms with Gasteiger partial charge in [0.2, 0.25) is 0 Å². The maximum atomic E-state index is 4.88. The van der Waals surface area contributed by atoms with Gasteiger partial charge >= 0.3 is 0 Å². The van der Waals surface area contributed by atoms with Gasteiger partial charge in [0.15, 0.2) is 5.82 Å². The van der Waals surface area contributed by atoms with E-state index in [0.29, 0.717) is 0 Å². The first kappa shape index (κ1) is 18.0. The van der Waals surface area contributed by atoms with Gasteiger partial charge in [0.25, 0.3) is 0 Å². The van der Waals surface area contributed by atoms with Gasteiger partial charge in [-0.1, -0.05) is 6.92 Å². The molecule has 0 unspecified atom stereocenters. The molecule has 0 radical (unpaired) electrons. The summed E-state index contributed by atoms with van der Waals surface area (Å²) in [7, 11) is 0. The molecule has 3 aromatic heterocycles. The van der Waals surface area contributed by atoms with Crippen molar-refractivity contribution in [2.45, 2.75) is 26.3 Å². The lowest BCUT2D eigenvalue weighted by Gasteiger charge is -2.23. The van der Waals surface area contributed by atoms with E-state index in [9.17, 15) is 0 Å². The highest BCUT2D eigenvalue weighted by atomic mass is 32.1. The molecule has 27 heavy (non-hydrogen) atoms. The molecule has 0 atom stereocenters. The largest absolute Gasteiger partial charge is 0.355 e. The standard InChI is InChI=1S/C20H24N6S/c1-2-17-12-19(24-20(23-17)16-4-6-21-7-5-16)26-9-3-8-25(10-11-26)13-18-14-27-15-22-18/h4-7,12,14-15H,2-3,8-11,13H2,1H3. The van der Waals surface area contributed by atoms with Gasteiger partial charge in [0, 0.05) is 67.8 Å². The fourth-order valence-electron chi connectivity index (χ4n) is 3.36. The Kier molecular flexibility index (Phi) is 5.69. The zero-order valence-electron chi connectivity index (χ0n) is 15.6. The van der Waals surface area contributed by atoms with Gasteiger partial charge < -0.3 is 4.90 Å². The quantitative estimate of drug-likeness (QED) is 0.677. The van der Waals surface area contributed by atoms with Gasteiger partial charge in [-0.05, 0) is 25.0 Å². The topological polar surface area (TPSA) is 58.0 Å². The average molecular weight is 381 g/mol. The van der Waals surface area contributed by atoms with Crippen molar-refractivity contribution in [3.63, 3.8) is 0 Å². The molecule has 6 nitrogen and oxygen atoms in total. The molecule has 0 amide bonds. The number of hydrogen-bond donors (Lipinski definition) is 0. The highest BCUT2D eigenvalue weighted by molar-refractivity contribution is 7.07. The monoisotopic (exact) mass is 380 g/mol. The summed E-state index contributed by atoms with van der Waals surface area (Å²) in [6.07, 6.45) is 5.61. The lowest BCUT2D eigenvalue weighted by molar-refractivity contribution is 0.282. The van der Waals surface area contributed by atoms with Crippen LogP contribution in [0.2, 0.25) is 0 Å². The predicted molar refractivity (Wildman–Crippen MR) is 109 cm³/mol. The summed E-state index contributed by atoms with van der Waals surface area (Å²) in [4.78, 5) is 23.0. The van der Waals surface area contributed by atoms with Crippen molar-refractivity contribution < 1.29 is 0 Å². The van der Waals surface area contributed by atoms with Crippen LogP contribution in [0, 0.1) is 0 Å². The maximum Gasteiger partial charge on any atom is 0.161 e. The Hall–Kier alpha value is -2.38. The van der Waals surface area contributed by atoms with Crippen LogP contribution >= 0.6 is 11.3 Å². The molecule has 0 saturated carbocycles. The van der Waals surface area contributed by atoms with Gasteiger partial charge in [-0.15, -0.1) is 11.3 Å². The summed E-state index contributed by atoms with van der Waals surface area (Å²) >= 11 is 1.66. The first-order chi connectivity index (χ1) is 13.3. The van der Waals surface area contributed by atoms with Crippen molar-refractivity contribution in [2.24, 2.45) is 0 Å². The second-order valence-corrected chi connectivity index (χ2v) is 7.45. The first-order valence-electron chi connectivity index (χ1n) is 9.44. The zero-order valence-corrected chi connectivity index (χ0v) is 16.4. The van der Waals surface area contributed by atoms with Gasteiger partial charge in [0.1, 0.15) is 5.82 Å². The van der Waals surface area contributed by atoms with E-state index in [1.165, 1.54) is 5.69 Å². The molecule has 3 aromatic rings. The number of nitrogens with zero attached hydrogens (tertiary/aromatic N) is 6. The van der Waals surface area contributed by atoms with E-state index < -0.39 is 0 Å². The Labute approximate surface area is 163 Å². The minimum Gasteiger partial charge on any atom is -0.355 e. The molecule has 0 aliphatic carbocycles. The molecule has 4 rings (SSSR count). The van der Waals surface area contributed by atoms with E-state index in [2.05, 4.69) is 38.1 Å². The number of aryl methyl sites for hydroxylation is 1. The first-order valence-corrected chi connectivity index (χ1v) is 10.4. The molecule has 140 valence electrons. The molecule has 0 spiro atoms. The number of thiazole rings is 1. The number of pyridine rings is 1. The fraction of sp³-hybridized carbons (Fsp3) is 0.400. The van der Waals surface area contributed by atoms with Crippen LogP contribution in [0.3, 0.4) is 0 Å². The second-order valence-electron chi connectivity index (χ2n) is 6.73. The number of anilines is 1. The van der Waals surface area contributed by atoms with Crippen LogP contribution in [0.5, 0.6) is 0 Å². The molecule has 1 aliphatic heterocycles. The van der Waals surface area contributed by atoms with Crippen molar-refractivity contribution in [1.82, 2.24) is 24.8 Å². The summed E-state index contributed by atoms with van der Waals surface area (Å²) in [5, 5.41) is 2.14.